The topological polar surface area (TPSA) is 96.6 Å². The summed E-state index contributed by atoms with van der Waals surface area (Å²) in [7, 11) is 1.90. The molecule has 1 N–H and O–H groups in total. The Hall–Kier alpha value is -3.80. The van der Waals surface area contributed by atoms with Crippen LogP contribution in [-0.2, 0) is 18.2 Å². The van der Waals surface area contributed by atoms with Gasteiger partial charge in [-0.25, -0.2) is 5.10 Å². The third kappa shape index (κ3) is 3.39. The summed E-state index contributed by atoms with van der Waals surface area (Å²) in [6.07, 6.45) is 4.65. The number of hydrogen-bond acceptors (Lipinski definition) is 6. The summed E-state index contributed by atoms with van der Waals surface area (Å²) in [4.78, 5) is 13.2. The molecule has 1 aliphatic heterocycles. The van der Waals surface area contributed by atoms with E-state index in [4.69, 9.17) is 4.74 Å². The van der Waals surface area contributed by atoms with Crippen LogP contribution in [0.25, 0.3) is 42.6 Å². The average molecular weight is 482 g/mol. The largest absolute Gasteiger partial charge is 0.373 e. The molecule has 0 radical (unpaired) electrons. The number of hydrogen-bond donors (Lipinski definition) is 1. The molecule has 35 heavy (non-hydrogen) atoms. The van der Waals surface area contributed by atoms with Gasteiger partial charge < -0.3 is 4.74 Å². The minimum atomic E-state index is -0.201. The monoisotopic (exact) mass is 481 g/mol. The molecule has 6 rings (SSSR count). The van der Waals surface area contributed by atoms with Gasteiger partial charge in [0.25, 0.3) is 5.56 Å². The number of aromatic amines is 1. The van der Waals surface area contributed by atoms with Crippen LogP contribution in [0.4, 0.5) is 0 Å². The standard InChI is InChI=1S/C27H23N5O2S/c1-3-22-19-12-15(9-10-17(19)27(33)31-30-22)21-14-29-32(2)24(21)26-20(13-28)16-6-4-7-18(25(16)35-26)23-8-5-11-34-23/h4,6-7,9-10,12,14,23H,3,5,8,11H2,1-2H3,(H,31,33)/t23-/m0/s1. The number of fused-ring (bicyclic) bond motifs is 2. The van der Waals surface area contributed by atoms with Gasteiger partial charge in [-0.15, -0.1) is 11.3 Å². The minimum Gasteiger partial charge on any atom is -0.373 e. The van der Waals surface area contributed by atoms with E-state index in [9.17, 15) is 10.1 Å². The summed E-state index contributed by atoms with van der Waals surface area (Å²) < 4.78 is 8.91. The van der Waals surface area contributed by atoms with Gasteiger partial charge in [-0.2, -0.15) is 15.5 Å². The highest BCUT2D eigenvalue weighted by Crippen LogP contribution is 2.45. The van der Waals surface area contributed by atoms with Crippen molar-refractivity contribution < 1.29 is 4.74 Å². The van der Waals surface area contributed by atoms with Crippen molar-refractivity contribution in [3.05, 3.63) is 69.8 Å². The zero-order valence-corrected chi connectivity index (χ0v) is 20.3. The molecule has 1 fully saturated rings. The van der Waals surface area contributed by atoms with Gasteiger partial charge >= 0.3 is 0 Å². The summed E-state index contributed by atoms with van der Waals surface area (Å²) in [5, 5.41) is 24.0. The number of benzene rings is 2. The van der Waals surface area contributed by atoms with Crippen LogP contribution >= 0.6 is 11.3 Å². The van der Waals surface area contributed by atoms with Gasteiger partial charge in [0.15, 0.2) is 0 Å². The van der Waals surface area contributed by atoms with Crippen LogP contribution in [0.3, 0.4) is 0 Å². The molecule has 0 unspecified atom stereocenters. The van der Waals surface area contributed by atoms with Crippen LogP contribution < -0.4 is 5.56 Å². The number of nitrogens with zero attached hydrogens (tertiary/aromatic N) is 4. The van der Waals surface area contributed by atoms with E-state index in [0.29, 0.717) is 17.4 Å². The van der Waals surface area contributed by atoms with E-state index in [0.717, 1.165) is 67.9 Å². The molecule has 0 amide bonds. The van der Waals surface area contributed by atoms with Gasteiger partial charge in [-0.3, -0.25) is 9.48 Å². The zero-order chi connectivity index (χ0) is 24.1. The van der Waals surface area contributed by atoms with E-state index >= 15 is 0 Å². The van der Waals surface area contributed by atoms with Crippen LogP contribution in [0.2, 0.25) is 0 Å². The van der Waals surface area contributed by atoms with E-state index < -0.39 is 0 Å². The molecule has 1 atom stereocenters. The van der Waals surface area contributed by atoms with Crippen molar-refractivity contribution in [3.63, 3.8) is 0 Å². The smallest absolute Gasteiger partial charge is 0.272 e. The SMILES string of the molecule is CCc1n[nH]c(=O)c2ccc(-c3cnn(C)c3-c3sc4c([C@@H]5CCCO5)cccc4c3C#N)cc12. The number of nitriles is 1. The maximum Gasteiger partial charge on any atom is 0.272 e. The lowest BCUT2D eigenvalue weighted by Gasteiger charge is -2.10. The second kappa shape index (κ2) is 8.45. The Bertz CT molecular complexity index is 1700. The first-order valence-electron chi connectivity index (χ1n) is 11.7. The first-order valence-corrected chi connectivity index (χ1v) is 12.5. The summed E-state index contributed by atoms with van der Waals surface area (Å²) in [5.74, 6) is 0. The number of rotatable bonds is 4. The van der Waals surface area contributed by atoms with Crippen molar-refractivity contribution in [2.75, 3.05) is 6.61 Å². The molecule has 1 aliphatic rings. The Balaban J connectivity index is 1.58. The van der Waals surface area contributed by atoms with Gasteiger partial charge in [0, 0.05) is 34.7 Å². The lowest BCUT2D eigenvalue weighted by atomic mass is 9.98. The molecule has 0 saturated carbocycles. The highest BCUT2D eigenvalue weighted by molar-refractivity contribution is 7.22. The van der Waals surface area contributed by atoms with E-state index in [1.54, 1.807) is 11.3 Å². The first-order chi connectivity index (χ1) is 17.1. The molecule has 1 saturated heterocycles. The minimum absolute atomic E-state index is 0.0706. The van der Waals surface area contributed by atoms with Crippen LogP contribution in [0.5, 0.6) is 0 Å². The van der Waals surface area contributed by atoms with E-state index in [1.165, 1.54) is 0 Å². The summed E-state index contributed by atoms with van der Waals surface area (Å²) >= 11 is 1.63. The third-order valence-corrected chi connectivity index (χ3v) is 8.06. The van der Waals surface area contributed by atoms with E-state index in [-0.39, 0.29) is 11.7 Å². The van der Waals surface area contributed by atoms with Crippen LogP contribution in [0.1, 0.15) is 42.7 Å². The lowest BCUT2D eigenvalue weighted by molar-refractivity contribution is 0.113. The number of thiophene rings is 1. The Labute approximate surface area is 205 Å². The molecule has 0 aliphatic carbocycles. The highest BCUT2D eigenvalue weighted by Gasteiger charge is 2.26. The van der Waals surface area contributed by atoms with Crippen molar-refractivity contribution in [1.82, 2.24) is 20.0 Å². The highest BCUT2D eigenvalue weighted by atomic mass is 32.1. The number of aryl methyl sites for hydroxylation is 2. The lowest BCUT2D eigenvalue weighted by Crippen LogP contribution is -2.10. The number of ether oxygens (including phenoxy) is 1. The summed E-state index contributed by atoms with van der Waals surface area (Å²) in [5.41, 5.74) is 5.18. The molecule has 8 heteroatoms. The molecular formula is C27H23N5O2S. The second-order valence-corrected chi connectivity index (χ2v) is 9.81. The van der Waals surface area contributed by atoms with Crippen molar-refractivity contribution >= 4 is 32.2 Å². The Morgan fingerprint density at radius 1 is 1.26 bits per heavy atom. The maximum absolute atomic E-state index is 12.3. The van der Waals surface area contributed by atoms with Crippen LogP contribution in [-0.4, -0.2) is 26.6 Å². The maximum atomic E-state index is 12.3. The Kier molecular flexibility index (Phi) is 5.24. The fourth-order valence-corrected chi connectivity index (χ4v) is 6.47. The molecular weight excluding hydrogens is 458 g/mol. The van der Waals surface area contributed by atoms with Gasteiger partial charge in [-0.05, 0) is 42.5 Å². The van der Waals surface area contributed by atoms with Gasteiger partial charge in [0.05, 0.1) is 39.5 Å². The van der Waals surface area contributed by atoms with E-state index in [2.05, 4.69) is 27.4 Å². The van der Waals surface area contributed by atoms with Crippen molar-refractivity contribution in [1.29, 1.82) is 5.26 Å². The molecule has 0 bridgehead atoms. The normalized spacial score (nSPS) is 15.7. The van der Waals surface area contributed by atoms with Gasteiger partial charge in [-0.1, -0.05) is 31.2 Å². The Morgan fingerprint density at radius 3 is 2.91 bits per heavy atom. The fourth-order valence-electron chi connectivity index (χ4n) is 5.07. The molecule has 7 nitrogen and oxygen atoms in total. The number of H-pyrrole nitrogens is 1. The average Bonchev–Trinajstić information content (AvgIpc) is 3.62. The van der Waals surface area contributed by atoms with Crippen LogP contribution in [0.15, 0.2) is 47.4 Å². The number of nitrogens with one attached hydrogen (secondary N) is 1. The van der Waals surface area contributed by atoms with Crippen molar-refractivity contribution in [3.8, 4) is 27.8 Å². The Morgan fingerprint density at radius 2 is 2.14 bits per heavy atom. The molecule has 0 spiro atoms. The number of aromatic nitrogens is 4. The zero-order valence-electron chi connectivity index (χ0n) is 19.5. The van der Waals surface area contributed by atoms with Crippen molar-refractivity contribution in [2.24, 2.45) is 7.05 Å². The van der Waals surface area contributed by atoms with E-state index in [1.807, 2.05) is 55.2 Å². The van der Waals surface area contributed by atoms with Crippen LogP contribution in [0, 0.1) is 11.3 Å². The predicted octanol–water partition coefficient (Wildman–Crippen LogP) is 5.49. The second-order valence-electron chi connectivity index (χ2n) is 8.79. The quantitative estimate of drug-likeness (QED) is 0.366. The molecule has 3 aromatic heterocycles. The molecule has 4 heterocycles. The molecule has 5 aromatic rings. The van der Waals surface area contributed by atoms with Gasteiger partial charge in [0.1, 0.15) is 6.07 Å². The fraction of sp³-hybridized carbons (Fsp3) is 0.259. The molecule has 2 aromatic carbocycles. The van der Waals surface area contributed by atoms with Gasteiger partial charge in [0.2, 0.25) is 0 Å². The molecule has 174 valence electrons. The predicted molar refractivity (Wildman–Crippen MR) is 137 cm³/mol. The summed E-state index contributed by atoms with van der Waals surface area (Å²) in [6, 6.07) is 14.4. The summed E-state index contributed by atoms with van der Waals surface area (Å²) in [6.45, 7) is 2.79. The third-order valence-electron chi connectivity index (χ3n) is 6.80. The first kappa shape index (κ1) is 21.7. The van der Waals surface area contributed by atoms with Crippen molar-refractivity contribution in [2.45, 2.75) is 32.3 Å².